The molecule has 0 aliphatic rings. The van der Waals surface area contributed by atoms with E-state index in [4.69, 9.17) is 4.42 Å². The summed E-state index contributed by atoms with van der Waals surface area (Å²) in [6.07, 6.45) is 0. The van der Waals surface area contributed by atoms with Crippen molar-refractivity contribution in [2.75, 3.05) is 5.32 Å². The van der Waals surface area contributed by atoms with E-state index in [1.807, 2.05) is 0 Å². The predicted octanol–water partition coefficient (Wildman–Crippen LogP) is 2.73. The Morgan fingerprint density at radius 1 is 1.18 bits per heavy atom. The van der Waals surface area contributed by atoms with Crippen LogP contribution in [0.15, 0.2) is 33.5 Å². The van der Waals surface area contributed by atoms with Crippen molar-refractivity contribution in [2.45, 2.75) is 20.8 Å². The average Bonchev–Trinajstić information content (AvgIpc) is 2.39. The monoisotopic (exact) mass is 302 g/mol. The molecule has 0 aliphatic carbocycles. The van der Waals surface area contributed by atoms with Gasteiger partial charge in [-0.15, -0.1) is 0 Å². The molecule has 2 rings (SSSR count). The van der Waals surface area contributed by atoms with Gasteiger partial charge in [-0.3, -0.25) is 14.9 Å². The Hall–Kier alpha value is -2.96. The molecule has 2 aromatic rings. The van der Waals surface area contributed by atoms with E-state index in [9.17, 15) is 19.7 Å². The molecule has 0 fully saturated rings. The number of nitrogens with one attached hydrogen (secondary N) is 1. The molecule has 1 heterocycles. The number of carbonyl (C=O) groups is 1. The molecular weight excluding hydrogens is 288 g/mol. The molecule has 7 nitrogen and oxygen atoms in total. The van der Waals surface area contributed by atoms with Crippen LogP contribution in [0.1, 0.15) is 27.2 Å². The number of aryl methyl sites for hydroxylation is 3. The molecule has 0 atom stereocenters. The molecule has 1 aromatic heterocycles. The second kappa shape index (κ2) is 5.80. The molecule has 22 heavy (non-hydrogen) atoms. The van der Waals surface area contributed by atoms with E-state index in [0.717, 1.165) is 0 Å². The number of nitro groups is 1. The molecule has 1 amide bonds. The molecule has 0 spiro atoms. The highest BCUT2D eigenvalue weighted by Crippen LogP contribution is 2.23. The summed E-state index contributed by atoms with van der Waals surface area (Å²) in [6, 6.07) is 5.64. The number of anilines is 1. The van der Waals surface area contributed by atoms with Crippen molar-refractivity contribution >= 4 is 17.3 Å². The normalized spacial score (nSPS) is 10.3. The summed E-state index contributed by atoms with van der Waals surface area (Å²) in [4.78, 5) is 33.9. The fourth-order valence-corrected chi connectivity index (χ4v) is 2.17. The highest BCUT2D eigenvalue weighted by atomic mass is 16.6. The van der Waals surface area contributed by atoms with Crippen LogP contribution >= 0.6 is 0 Å². The van der Waals surface area contributed by atoms with Crippen LogP contribution in [0.5, 0.6) is 0 Å². The van der Waals surface area contributed by atoms with Crippen LogP contribution < -0.4 is 10.9 Å². The van der Waals surface area contributed by atoms with Crippen LogP contribution in [0.25, 0.3) is 0 Å². The quantitative estimate of drug-likeness (QED) is 0.693. The van der Waals surface area contributed by atoms with Crippen LogP contribution in [-0.4, -0.2) is 10.8 Å². The molecule has 0 saturated carbocycles. The van der Waals surface area contributed by atoms with E-state index >= 15 is 0 Å². The summed E-state index contributed by atoms with van der Waals surface area (Å²) >= 11 is 0. The van der Waals surface area contributed by atoms with Crippen LogP contribution in [-0.2, 0) is 0 Å². The first-order chi connectivity index (χ1) is 10.3. The second-order valence-electron chi connectivity index (χ2n) is 4.89. The van der Waals surface area contributed by atoms with Crippen LogP contribution in [0.4, 0.5) is 11.4 Å². The predicted molar refractivity (Wildman–Crippen MR) is 80.2 cm³/mol. The van der Waals surface area contributed by atoms with E-state index in [1.54, 1.807) is 26.0 Å². The van der Waals surface area contributed by atoms with E-state index in [-0.39, 0.29) is 17.0 Å². The van der Waals surface area contributed by atoms with E-state index in [2.05, 4.69) is 5.32 Å². The number of nitro benzene ring substituents is 1. The lowest BCUT2D eigenvalue weighted by Gasteiger charge is -2.09. The Morgan fingerprint density at radius 3 is 2.45 bits per heavy atom. The van der Waals surface area contributed by atoms with Gasteiger partial charge in [-0.1, -0.05) is 6.07 Å². The lowest BCUT2D eigenvalue weighted by Crippen LogP contribution is -2.17. The van der Waals surface area contributed by atoms with Gasteiger partial charge in [0.15, 0.2) is 0 Å². The SMILES string of the molecule is Cc1ccc(NC(=O)c2c(C)cc(=O)oc2C)cc1[N+](=O)[O-]. The Labute approximate surface area is 125 Å². The summed E-state index contributed by atoms with van der Waals surface area (Å²) in [5.41, 5.74) is 0.910. The molecule has 1 aromatic carbocycles. The fraction of sp³-hybridized carbons (Fsp3) is 0.200. The van der Waals surface area contributed by atoms with Crippen molar-refractivity contribution < 1.29 is 14.1 Å². The van der Waals surface area contributed by atoms with E-state index in [1.165, 1.54) is 19.1 Å². The molecule has 0 unspecified atom stereocenters. The number of carbonyl (C=O) groups excluding carboxylic acids is 1. The third-order valence-electron chi connectivity index (χ3n) is 3.23. The Morgan fingerprint density at radius 2 is 1.86 bits per heavy atom. The summed E-state index contributed by atoms with van der Waals surface area (Å²) in [5.74, 6) is -0.291. The number of hydrogen-bond acceptors (Lipinski definition) is 5. The number of nitrogens with zero attached hydrogens (tertiary/aromatic N) is 1. The van der Waals surface area contributed by atoms with Gasteiger partial charge in [-0.2, -0.15) is 0 Å². The minimum Gasteiger partial charge on any atom is -0.427 e. The zero-order valence-corrected chi connectivity index (χ0v) is 12.3. The summed E-state index contributed by atoms with van der Waals surface area (Å²) in [6.45, 7) is 4.75. The zero-order valence-electron chi connectivity index (χ0n) is 12.3. The molecule has 1 N–H and O–H groups in total. The van der Waals surface area contributed by atoms with Crippen LogP contribution in [0.2, 0.25) is 0 Å². The summed E-state index contributed by atoms with van der Waals surface area (Å²) in [5, 5.41) is 13.5. The first-order valence-electron chi connectivity index (χ1n) is 6.47. The van der Waals surface area contributed by atoms with Crippen molar-refractivity contribution in [2.24, 2.45) is 0 Å². The standard InChI is InChI=1S/C15H14N2O5/c1-8-4-5-11(7-12(8)17(20)21)16-15(19)14-9(2)6-13(18)22-10(14)3/h4-7H,1-3H3,(H,16,19). The molecule has 0 aliphatic heterocycles. The number of benzene rings is 1. The first-order valence-corrected chi connectivity index (χ1v) is 6.47. The Kier molecular flexibility index (Phi) is 4.07. The van der Waals surface area contributed by atoms with Gasteiger partial charge in [0, 0.05) is 23.4 Å². The molecule has 0 bridgehead atoms. The largest absolute Gasteiger partial charge is 0.427 e. The lowest BCUT2D eigenvalue weighted by atomic mass is 10.1. The smallest absolute Gasteiger partial charge is 0.336 e. The van der Waals surface area contributed by atoms with Gasteiger partial charge in [0.1, 0.15) is 5.76 Å². The number of amides is 1. The van der Waals surface area contributed by atoms with Gasteiger partial charge in [-0.25, -0.2) is 4.79 Å². The lowest BCUT2D eigenvalue weighted by molar-refractivity contribution is -0.385. The minimum absolute atomic E-state index is 0.0779. The summed E-state index contributed by atoms with van der Waals surface area (Å²) in [7, 11) is 0. The van der Waals surface area contributed by atoms with Crippen molar-refractivity contribution in [3.8, 4) is 0 Å². The molecule has 0 saturated heterocycles. The highest BCUT2D eigenvalue weighted by molar-refractivity contribution is 6.06. The highest BCUT2D eigenvalue weighted by Gasteiger charge is 2.17. The van der Waals surface area contributed by atoms with E-state index in [0.29, 0.717) is 16.8 Å². The molecule has 114 valence electrons. The van der Waals surface area contributed by atoms with Crippen molar-refractivity contribution in [3.05, 3.63) is 67.3 Å². The maximum absolute atomic E-state index is 12.3. The number of hydrogen-bond donors (Lipinski definition) is 1. The molecule has 0 radical (unpaired) electrons. The van der Waals surface area contributed by atoms with Gasteiger partial charge in [-0.05, 0) is 32.4 Å². The maximum atomic E-state index is 12.3. The van der Waals surface area contributed by atoms with Crippen molar-refractivity contribution in [3.63, 3.8) is 0 Å². The molecule has 7 heteroatoms. The van der Waals surface area contributed by atoms with Crippen molar-refractivity contribution in [1.29, 1.82) is 0 Å². The maximum Gasteiger partial charge on any atom is 0.336 e. The Balaban J connectivity index is 2.36. The van der Waals surface area contributed by atoms with Gasteiger partial charge in [0.05, 0.1) is 10.5 Å². The Bertz CT molecular complexity index is 797. The topological polar surface area (TPSA) is 102 Å². The minimum atomic E-state index is -0.530. The average molecular weight is 302 g/mol. The second-order valence-corrected chi connectivity index (χ2v) is 4.89. The van der Waals surface area contributed by atoms with Gasteiger partial charge < -0.3 is 9.73 Å². The van der Waals surface area contributed by atoms with Gasteiger partial charge >= 0.3 is 5.63 Å². The first kappa shape index (κ1) is 15.4. The van der Waals surface area contributed by atoms with Crippen molar-refractivity contribution in [1.82, 2.24) is 0 Å². The van der Waals surface area contributed by atoms with Crippen LogP contribution in [0, 0.1) is 30.9 Å². The van der Waals surface area contributed by atoms with Gasteiger partial charge in [0.2, 0.25) is 0 Å². The zero-order chi connectivity index (χ0) is 16.4. The van der Waals surface area contributed by atoms with Gasteiger partial charge in [0.25, 0.3) is 11.6 Å². The molecular formula is C15H14N2O5. The third kappa shape index (κ3) is 3.03. The van der Waals surface area contributed by atoms with E-state index < -0.39 is 16.5 Å². The fourth-order valence-electron chi connectivity index (χ4n) is 2.17. The van der Waals surface area contributed by atoms with Crippen LogP contribution in [0.3, 0.4) is 0 Å². The number of rotatable bonds is 3. The third-order valence-corrected chi connectivity index (χ3v) is 3.23. The summed E-state index contributed by atoms with van der Waals surface area (Å²) < 4.78 is 4.90.